The number of aromatic nitrogens is 1. The molecule has 1 aromatic heterocycles. The molecule has 0 fully saturated rings. The molecule has 0 unspecified atom stereocenters. The molecule has 0 aliphatic rings. The van der Waals surface area contributed by atoms with Crippen LogP contribution in [0.2, 0.25) is 0 Å². The Morgan fingerprint density at radius 1 is 1.24 bits per heavy atom. The van der Waals surface area contributed by atoms with Gasteiger partial charge in [-0.3, -0.25) is 10.1 Å². The van der Waals surface area contributed by atoms with Crippen LogP contribution in [0.15, 0.2) is 52.5 Å². The van der Waals surface area contributed by atoms with E-state index in [4.69, 9.17) is 0 Å². The van der Waals surface area contributed by atoms with Gasteiger partial charge in [0, 0.05) is 16.7 Å². The van der Waals surface area contributed by atoms with Crippen LogP contribution in [0.3, 0.4) is 0 Å². The van der Waals surface area contributed by atoms with Crippen molar-refractivity contribution in [1.29, 1.82) is 0 Å². The van der Waals surface area contributed by atoms with E-state index in [1.165, 1.54) is 11.8 Å². The fourth-order valence-electron chi connectivity index (χ4n) is 1.42. The zero-order chi connectivity index (χ0) is 12.3. The summed E-state index contributed by atoms with van der Waals surface area (Å²) in [6.45, 7) is 1.72. The van der Waals surface area contributed by atoms with Gasteiger partial charge in [0.2, 0.25) is 0 Å². The highest BCUT2D eigenvalue weighted by Crippen LogP contribution is 2.34. The molecular formula is C12H10N2O2S. The lowest BCUT2D eigenvalue weighted by molar-refractivity contribution is -0.388. The summed E-state index contributed by atoms with van der Waals surface area (Å²) in [5.74, 6) is 0. The molecule has 0 amide bonds. The van der Waals surface area contributed by atoms with Crippen molar-refractivity contribution in [3.8, 4) is 0 Å². The monoisotopic (exact) mass is 246 g/mol. The molecule has 0 atom stereocenters. The number of nitro groups is 1. The van der Waals surface area contributed by atoms with Crippen LogP contribution in [0.5, 0.6) is 0 Å². The summed E-state index contributed by atoms with van der Waals surface area (Å²) in [4.78, 5) is 15.6. The smallest absolute Gasteiger partial charge is 0.258 e. The van der Waals surface area contributed by atoms with Crippen LogP contribution in [-0.2, 0) is 0 Å². The number of benzene rings is 1. The molecule has 0 aliphatic carbocycles. The Bertz CT molecular complexity index is 543. The number of nitrogens with zero attached hydrogens (tertiary/aromatic N) is 2. The van der Waals surface area contributed by atoms with Crippen LogP contribution in [0, 0.1) is 17.0 Å². The van der Waals surface area contributed by atoms with E-state index < -0.39 is 0 Å². The van der Waals surface area contributed by atoms with Gasteiger partial charge in [-0.25, -0.2) is 4.98 Å². The molecule has 0 saturated heterocycles. The molecule has 0 N–H and O–H groups in total. The number of hydrogen-bond acceptors (Lipinski definition) is 4. The Kier molecular flexibility index (Phi) is 3.39. The molecule has 0 saturated carbocycles. The van der Waals surface area contributed by atoms with Crippen LogP contribution in [0.4, 0.5) is 5.69 Å². The van der Waals surface area contributed by atoms with Gasteiger partial charge in [0.1, 0.15) is 0 Å². The fraction of sp³-hybridized carbons (Fsp3) is 0.0833. The van der Waals surface area contributed by atoms with Gasteiger partial charge in [0.05, 0.1) is 4.92 Å². The molecule has 0 bridgehead atoms. The highest BCUT2D eigenvalue weighted by molar-refractivity contribution is 7.99. The van der Waals surface area contributed by atoms with E-state index in [0.29, 0.717) is 10.6 Å². The van der Waals surface area contributed by atoms with Gasteiger partial charge in [0.15, 0.2) is 5.03 Å². The first-order valence-corrected chi connectivity index (χ1v) is 5.83. The molecule has 0 radical (unpaired) electrons. The molecule has 2 rings (SSSR count). The maximum Gasteiger partial charge on any atom is 0.304 e. The predicted octanol–water partition coefficient (Wildman–Crippen LogP) is 3.45. The van der Waals surface area contributed by atoms with Crippen LogP contribution >= 0.6 is 11.8 Å². The van der Waals surface area contributed by atoms with Crippen molar-refractivity contribution >= 4 is 17.4 Å². The van der Waals surface area contributed by atoms with E-state index in [1.54, 1.807) is 19.2 Å². The zero-order valence-electron chi connectivity index (χ0n) is 9.16. The number of aryl methyl sites for hydroxylation is 1. The van der Waals surface area contributed by atoms with Gasteiger partial charge in [0.25, 0.3) is 0 Å². The molecule has 5 heteroatoms. The number of pyridine rings is 1. The van der Waals surface area contributed by atoms with E-state index in [9.17, 15) is 10.1 Å². The highest BCUT2D eigenvalue weighted by Gasteiger charge is 2.19. The minimum atomic E-state index is -0.381. The summed E-state index contributed by atoms with van der Waals surface area (Å²) >= 11 is 1.30. The average Bonchev–Trinajstić information content (AvgIpc) is 2.30. The van der Waals surface area contributed by atoms with Crippen molar-refractivity contribution in [2.75, 3.05) is 0 Å². The number of rotatable bonds is 3. The van der Waals surface area contributed by atoms with E-state index in [2.05, 4.69) is 4.98 Å². The van der Waals surface area contributed by atoms with Crippen LogP contribution in [-0.4, -0.2) is 9.91 Å². The van der Waals surface area contributed by atoms with E-state index in [0.717, 1.165) is 4.90 Å². The Balaban J connectivity index is 2.40. The SMILES string of the molecule is Cc1ccnc(Sc2ccccc2)c1[N+](=O)[O-]. The third-order valence-corrected chi connectivity index (χ3v) is 3.23. The Labute approximate surface area is 103 Å². The van der Waals surface area contributed by atoms with Crippen LogP contribution < -0.4 is 0 Å². The highest BCUT2D eigenvalue weighted by atomic mass is 32.2. The zero-order valence-corrected chi connectivity index (χ0v) is 9.98. The third-order valence-electron chi connectivity index (χ3n) is 2.23. The molecule has 4 nitrogen and oxygen atoms in total. The van der Waals surface area contributed by atoms with E-state index in [1.807, 2.05) is 30.3 Å². The Morgan fingerprint density at radius 3 is 2.59 bits per heavy atom. The molecule has 0 spiro atoms. The molecule has 1 aromatic carbocycles. The van der Waals surface area contributed by atoms with Gasteiger partial charge in [-0.2, -0.15) is 0 Å². The van der Waals surface area contributed by atoms with Crippen molar-refractivity contribution in [3.63, 3.8) is 0 Å². The maximum atomic E-state index is 11.0. The standard InChI is InChI=1S/C12H10N2O2S/c1-9-7-8-13-12(11(9)14(15)16)17-10-5-3-2-4-6-10/h2-8H,1H3. The van der Waals surface area contributed by atoms with E-state index in [-0.39, 0.29) is 10.6 Å². The minimum Gasteiger partial charge on any atom is -0.258 e. The van der Waals surface area contributed by atoms with Crippen molar-refractivity contribution < 1.29 is 4.92 Å². The first kappa shape index (κ1) is 11.6. The normalized spacial score (nSPS) is 10.2. The number of hydrogen-bond donors (Lipinski definition) is 0. The van der Waals surface area contributed by atoms with Gasteiger partial charge < -0.3 is 0 Å². The van der Waals surface area contributed by atoms with Crippen molar-refractivity contribution in [3.05, 3.63) is 58.3 Å². The van der Waals surface area contributed by atoms with Gasteiger partial charge >= 0.3 is 5.69 Å². The molecular weight excluding hydrogens is 236 g/mol. The predicted molar refractivity (Wildman–Crippen MR) is 66.2 cm³/mol. The van der Waals surface area contributed by atoms with Gasteiger partial charge in [-0.1, -0.05) is 30.0 Å². The van der Waals surface area contributed by atoms with Crippen LogP contribution in [0.1, 0.15) is 5.56 Å². The minimum absolute atomic E-state index is 0.0846. The topological polar surface area (TPSA) is 56.0 Å². The van der Waals surface area contributed by atoms with Crippen LogP contribution in [0.25, 0.3) is 0 Å². The largest absolute Gasteiger partial charge is 0.304 e. The van der Waals surface area contributed by atoms with Gasteiger partial charge in [-0.05, 0) is 25.1 Å². The summed E-state index contributed by atoms with van der Waals surface area (Å²) in [5.41, 5.74) is 0.713. The lowest BCUT2D eigenvalue weighted by Gasteiger charge is -2.03. The molecule has 2 aromatic rings. The summed E-state index contributed by atoms with van der Waals surface area (Å²) in [5, 5.41) is 11.4. The fourth-order valence-corrected chi connectivity index (χ4v) is 2.38. The Hall–Kier alpha value is -1.88. The van der Waals surface area contributed by atoms with Gasteiger partial charge in [-0.15, -0.1) is 0 Å². The van der Waals surface area contributed by atoms with Crippen molar-refractivity contribution in [1.82, 2.24) is 4.98 Å². The second-order valence-corrected chi connectivity index (χ2v) is 4.52. The lowest BCUT2D eigenvalue weighted by atomic mass is 10.3. The first-order chi connectivity index (χ1) is 8.18. The first-order valence-electron chi connectivity index (χ1n) is 5.01. The van der Waals surface area contributed by atoms with Crippen molar-refractivity contribution in [2.24, 2.45) is 0 Å². The molecule has 86 valence electrons. The average molecular weight is 246 g/mol. The molecule has 0 aliphatic heterocycles. The summed E-state index contributed by atoms with van der Waals surface area (Å²) < 4.78 is 0. The summed E-state index contributed by atoms with van der Waals surface area (Å²) in [7, 11) is 0. The summed E-state index contributed by atoms with van der Waals surface area (Å²) in [6, 6.07) is 11.1. The second-order valence-electron chi connectivity index (χ2n) is 3.45. The second kappa shape index (κ2) is 4.97. The quantitative estimate of drug-likeness (QED) is 0.614. The summed E-state index contributed by atoms with van der Waals surface area (Å²) in [6.07, 6.45) is 1.59. The Morgan fingerprint density at radius 2 is 1.94 bits per heavy atom. The van der Waals surface area contributed by atoms with E-state index >= 15 is 0 Å². The third kappa shape index (κ3) is 2.62. The van der Waals surface area contributed by atoms with Crippen molar-refractivity contribution in [2.45, 2.75) is 16.8 Å². The molecule has 1 heterocycles. The maximum absolute atomic E-state index is 11.0. The molecule has 17 heavy (non-hydrogen) atoms. The lowest BCUT2D eigenvalue weighted by Crippen LogP contribution is -1.96.